The summed E-state index contributed by atoms with van der Waals surface area (Å²) in [5.74, 6) is 2.24. The number of carbonyl (C=O) groups is 2. The minimum absolute atomic E-state index is 0.0502. The normalized spacial score (nSPS) is 34.1. The van der Waals surface area contributed by atoms with Crippen LogP contribution in [0, 0.1) is 23.2 Å². The number of nitrogens with one attached hydrogen (secondary N) is 1. The first-order valence-electron chi connectivity index (χ1n) is 11.4. The van der Waals surface area contributed by atoms with E-state index in [-0.39, 0.29) is 17.2 Å². The number of halogens is 1. The second kappa shape index (κ2) is 7.61. The van der Waals surface area contributed by atoms with Crippen molar-refractivity contribution in [3.05, 3.63) is 34.9 Å². The van der Waals surface area contributed by atoms with Gasteiger partial charge in [-0.1, -0.05) is 11.6 Å². The smallest absolute Gasteiger partial charge is 0.251 e. The monoisotopic (exact) mass is 414 g/mol. The van der Waals surface area contributed by atoms with Crippen molar-refractivity contribution >= 4 is 23.4 Å². The Kier molecular flexibility index (Phi) is 5.09. The van der Waals surface area contributed by atoms with Crippen molar-refractivity contribution in [2.24, 2.45) is 23.2 Å². The predicted octanol–water partition coefficient (Wildman–Crippen LogP) is 4.67. The molecule has 5 heteroatoms. The van der Waals surface area contributed by atoms with Gasteiger partial charge in [0.2, 0.25) is 5.91 Å². The third-order valence-corrected chi connectivity index (χ3v) is 8.25. The summed E-state index contributed by atoms with van der Waals surface area (Å²) >= 11 is 5.99. The largest absolute Gasteiger partial charge is 0.341 e. The quantitative estimate of drug-likeness (QED) is 0.778. The van der Waals surface area contributed by atoms with Crippen molar-refractivity contribution in [3.8, 4) is 0 Å². The molecule has 0 unspecified atom stereocenters. The number of hydrogen-bond acceptors (Lipinski definition) is 2. The molecule has 1 N–H and O–H groups in total. The van der Waals surface area contributed by atoms with Gasteiger partial charge in [-0.3, -0.25) is 9.59 Å². The molecule has 0 aromatic heterocycles. The topological polar surface area (TPSA) is 49.4 Å². The summed E-state index contributed by atoms with van der Waals surface area (Å²) in [6.45, 7) is 1.66. The van der Waals surface area contributed by atoms with Crippen LogP contribution in [0.5, 0.6) is 0 Å². The number of benzene rings is 1. The van der Waals surface area contributed by atoms with Crippen molar-refractivity contribution in [2.45, 2.75) is 63.8 Å². The van der Waals surface area contributed by atoms with E-state index in [0.29, 0.717) is 10.6 Å². The number of piperidine rings is 1. The first-order chi connectivity index (χ1) is 14.0. The van der Waals surface area contributed by atoms with E-state index in [4.69, 9.17) is 11.6 Å². The Balaban J connectivity index is 1.43. The molecular weight excluding hydrogens is 384 g/mol. The number of carbonyl (C=O) groups excluding carboxylic acids is 2. The van der Waals surface area contributed by atoms with Crippen LogP contribution in [0.4, 0.5) is 0 Å². The summed E-state index contributed by atoms with van der Waals surface area (Å²) in [5, 5.41) is 3.85. The van der Waals surface area contributed by atoms with Crippen molar-refractivity contribution in [3.63, 3.8) is 0 Å². The molecule has 5 aliphatic rings. The van der Waals surface area contributed by atoms with E-state index in [1.807, 2.05) is 4.90 Å². The molecule has 156 valence electrons. The molecule has 1 atom stereocenters. The summed E-state index contributed by atoms with van der Waals surface area (Å²) < 4.78 is 0. The molecule has 1 aromatic rings. The second-order valence-corrected chi connectivity index (χ2v) is 10.5. The van der Waals surface area contributed by atoms with Crippen molar-refractivity contribution < 1.29 is 9.59 Å². The average molecular weight is 415 g/mol. The van der Waals surface area contributed by atoms with Crippen molar-refractivity contribution in [1.82, 2.24) is 10.2 Å². The Morgan fingerprint density at radius 2 is 1.48 bits per heavy atom. The van der Waals surface area contributed by atoms with Crippen LogP contribution in [-0.2, 0) is 4.79 Å². The number of likely N-dealkylation sites (tertiary alicyclic amines) is 1. The highest BCUT2D eigenvalue weighted by molar-refractivity contribution is 6.30. The molecule has 5 fully saturated rings. The lowest BCUT2D eigenvalue weighted by Crippen LogP contribution is -2.62. The van der Waals surface area contributed by atoms with Gasteiger partial charge in [0.15, 0.2) is 0 Å². The SMILES string of the molecule is O=C(N[C@@H](C(=O)N1CCCCC1)C12CC3CC(CC(C3)C1)C2)c1ccc(Cl)cc1. The lowest BCUT2D eigenvalue weighted by Gasteiger charge is -2.59. The predicted molar refractivity (Wildman–Crippen MR) is 114 cm³/mol. The minimum Gasteiger partial charge on any atom is -0.341 e. The molecule has 2 amide bonds. The number of nitrogens with zero attached hydrogens (tertiary/aromatic N) is 1. The van der Waals surface area contributed by atoms with Crippen LogP contribution in [0.2, 0.25) is 5.02 Å². The van der Waals surface area contributed by atoms with Gasteiger partial charge in [-0.2, -0.15) is 0 Å². The van der Waals surface area contributed by atoms with Gasteiger partial charge < -0.3 is 10.2 Å². The van der Waals surface area contributed by atoms with Crippen LogP contribution in [0.1, 0.15) is 68.1 Å². The molecule has 4 aliphatic carbocycles. The zero-order valence-electron chi connectivity index (χ0n) is 17.0. The van der Waals surface area contributed by atoms with E-state index in [1.54, 1.807) is 24.3 Å². The highest BCUT2D eigenvalue weighted by atomic mass is 35.5. The van der Waals surface area contributed by atoms with E-state index in [0.717, 1.165) is 62.9 Å². The number of hydrogen-bond donors (Lipinski definition) is 1. The fraction of sp³-hybridized carbons (Fsp3) is 0.667. The fourth-order valence-electron chi connectivity index (χ4n) is 7.12. The maximum Gasteiger partial charge on any atom is 0.251 e. The van der Waals surface area contributed by atoms with E-state index in [2.05, 4.69) is 5.32 Å². The Bertz CT molecular complexity index is 749. The Morgan fingerprint density at radius 3 is 2.03 bits per heavy atom. The molecule has 0 spiro atoms. The van der Waals surface area contributed by atoms with Gasteiger partial charge in [0.1, 0.15) is 6.04 Å². The number of amides is 2. The lowest BCUT2D eigenvalue weighted by molar-refractivity contribution is -0.145. The van der Waals surface area contributed by atoms with E-state index >= 15 is 0 Å². The van der Waals surface area contributed by atoms with Crippen LogP contribution in [-0.4, -0.2) is 35.8 Å². The van der Waals surface area contributed by atoms with Crippen LogP contribution >= 0.6 is 11.6 Å². The van der Waals surface area contributed by atoms with Gasteiger partial charge in [0.05, 0.1) is 0 Å². The summed E-state index contributed by atoms with van der Waals surface area (Å²) in [5.41, 5.74) is 0.529. The second-order valence-electron chi connectivity index (χ2n) is 10.1. The third kappa shape index (κ3) is 3.69. The van der Waals surface area contributed by atoms with Crippen molar-refractivity contribution in [1.29, 1.82) is 0 Å². The minimum atomic E-state index is -0.392. The molecule has 4 saturated carbocycles. The Labute approximate surface area is 178 Å². The lowest BCUT2D eigenvalue weighted by atomic mass is 9.47. The Morgan fingerprint density at radius 1 is 0.931 bits per heavy atom. The van der Waals surface area contributed by atoms with Gasteiger partial charge in [0, 0.05) is 29.1 Å². The zero-order chi connectivity index (χ0) is 20.0. The molecular formula is C24H31ClN2O2. The first-order valence-corrected chi connectivity index (χ1v) is 11.8. The highest BCUT2D eigenvalue weighted by Crippen LogP contribution is 2.61. The fourth-order valence-corrected chi connectivity index (χ4v) is 7.25. The van der Waals surface area contributed by atoms with Crippen LogP contribution in [0.15, 0.2) is 24.3 Å². The molecule has 1 aliphatic heterocycles. The molecule has 29 heavy (non-hydrogen) atoms. The zero-order valence-corrected chi connectivity index (χ0v) is 17.8. The van der Waals surface area contributed by atoms with E-state index in [9.17, 15) is 9.59 Å². The first kappa shape index (κ1) is 19.4. The maximum atomic E-state index is 13.7. The molecule has 1 aromatic carbocycles. The molecule has 1 heterocycles. The van der Waals surface area contributed by atoms with Crippen LogP contribution in [0.3, 0.4) is 0 Å². The molecule has 4 nitrogen and oxygen atoms in total. The van der Waals surface area contributed by atoms with Gasteiger partial charge >= 0.3 is 0 Å². The summed E-state index contributed by atoms with van der Waals surface area (Å²) in [4.78, 5) is 28.9. The summed E-state index contributed by atoms with van der Waals surface area (Å²) in [7, 11) is 0. The molecule has 0 radical (unpaired) electrons. The van der Waals surface area contributed by atoms with Gasteiger partial charge in [-0.25, -0.2) is 0 Å². The number of rotatable bonds is 4. The van der Waals surface area contributed by atoms with Gasteiger partial charge in [-0.05, 0) is 99.8 Å². The third-order valence-electron chi connectivity index (χ3n) is 7.99. The summed E-state index contributed by atoms with van der Waals surface area (Å²) in [6.07, 6.45) is 10.6. The Hall–Kier alpha value is -1.55. The summed E-state index contributed by atoms with van der Waals surface area (Å²) in [6, 6.07) is 6.59. The standard InChI is InChI=1S/C24H31ClN2O2/c25-20-6-4-19(5-7-20)22(28)26-21(23(29)27-8-2-1-3-9-27)24-13-16-10-17(14-24)12-18(11-16)15-24/h4-7,16-18,21H,1-3,8-15H2,(H,26,28)/t16?,17?,18?,21-,24?/m0/s1. The maximum absolute atomic E-state index is 13.7. The van der Waals surface area contributed by atoms with Crippen molar-refractivity contribution in [2.75, 3.05) is 13.1 Å². The molecule has 6 rings (SSSR count). The van der Waals surface area contributed by atoms with Gasteiger partial charge in [0.25, 0.3) is 5.91 Å². The van der Waals surface area contributed by atoms with Gasteiger partial charge in [-0.15, -0.1) is 0 Å². The average Bonchev–Trinajstić information content (AvgIpc) is 2.71. The van der Waals surface area contributed by atoms with Crippen LogP contribution < -0.4 is 5.32 Å². The van der Waals surface area contributed by atoms with Crippen LogP contribution in [0.25, 0.3) is 0 Å². The van der Waals surface area contributed by atoms with E-state index < -0.39 is 6.04 Å². The molecule has 1 saturated heterocycles. The van der Waals surface area contributed by atoms with E-state index in [1.165, 1.54) is 25.7 Å². The highest BCUT2D eigenvalue weighted by Gasteiger charge is 2.56. The molecule has 4 bridgehead atoms.